The zero-order valence-corrected chi connectivity index (χ0v) is 10.6. The second kappa shape index (κ2) is 5.89. The Morgan fingerprint density at radius 2 is 2.00 bits per heavy atom. The lowest BCUT2D eigenvalue weighted by atomic mass is 9.93. The van der Waals surface area contributed by atoms with Gasteiger partial charge < -0.3 is 9.73 Å². The van der Waals surface area contributed by atoms with Gasteiger partial charge in [-0.25, -0.2) is 0 Å². The first-order chi connectivity index (χ1) is 8.29. The third-order valence-electron chi connectivity index (χ3n) is 2.85. The molecule has 0 amide bonds. The molecule has 2 rings (SSSR count). The highest BCUT2D eigenvalue weighted by Gasteiger charge is 2.12. The summed E-state index contributed by atoms with van der Waals surface area (Å²) in [4.78, 5) is 0. The molecule has 1 N–H and O–H groups in total. The van der Waals surface area contributed by atoms with Crippen molar-refractivity contribution in [2.24, 2.45) is 0 Å². The van der Waals surface area contributed by atoms with Crippen LogP contribution in [0, 0.1) is 0 Å². The summed E-state index contributed by atoms with van der Waals surface area (Å²) in [5.74, 6) is 0.440. The van der Waals surface area contributed by atoms with Crippen LogP contribution < -0.4 is 5.32 Å². The minimum atomic E-state index is 0.440. The smallest absolute Gasteiger partial charge is 0.0934 e. The minimum absolute atomic E-state index is 0.440. The van der Waals surface area contributed by atoms with E-state index in [1.807, 2.05) is 25.2 Å². The number of hydrogen-bond donors (Lipinski definition) is 1. The molecule has 0 saturated heterocycles. The Morgan fingerprint density at radius 1 is 1.24 bits per heavy atom. The number of hydrogen-bond acceptors (Lipinski definition) is 2. The van der Waals surface area contributed by atoms with Crippen molar-refractivity contribution >= 4 is 11.6 Å². The molecule has 1 aromatic carbocycles. The molecule has 3 heteroatoms. The first-order valence-corrected chi connectivity index (χ1v) is 6.08. The van der Waals surface area contributed by atoms with Crippen molar-refractivity contribution < 1.29 is 4.42 Å². The summed E-state index contributed by atoms with van der Waals surface area (Å²) in [6, 6.07) is 10.1. The lowest BCUT2D eigenvalue weighted by Gasteiger charge is -2.16. The molecule has 17 heavy (non-hydrogen) atoms. The summed E-state index contributed by atoms with van der Waals surface area (Å²) in [5, 5.41) is 4.01. The maximum absolute atomic E-state index is 5.91. The van der Waals surface area contributed by atoms with E-state index in [0.29, 0.717) is 5.92 Å². The molecule has 1 atom stereocenters. The number of likely N-dealkylation sites (N-methyl/N-ethyl adjacent to an activating group) is 1. The molecular weight excluding hydrogens is 234 g/mol. The van der Waals surface area contributed by atoms with E-state index in [1.54, 1.807) is 12.5 Å². The van der Waals surface area contributed by atoms with E-state index in [2.05, 4.69) is 17.4 Å². The van der Waals surface area contributed by atoms with Gasteiger partial charge in [0.05, 0.1) is 12.5 Å². The van der Waals surface area contributed by atoms with Crippen molar-refractivity contribution in [1.29, 1.82) is 0 Å². The maximum Gasteiger partial charge on any atom is 0.0934 e. The van der Waals surface area contributed by atoms with Gasteiger partial charge in [-0.05, 0) is 42.8 Å². The molecule has 0 bridgehead atoms. The maximum atomic E-state index is 5.91. The Bertz CT molecular complexity index is 436. The zero-order valence-electron chi connectivity index (χ0n) is 9.82. The van der Waals surface area contributed by atoms with E-state index >= 15 is 0 Å². The van der Waals surface area contributed by atoms with Crippen LogP contribution in [-0.2, 0) is 6.42 Å². The van der Waals surface area contributed by atoms with Crippen molar-refractivity contribution in [1.82, 2.24) is 5.32 Å². The molecule has 2 aromatic rings. The lowest BCUT2D eigenvalue weighted by Crippen LogP contribution is -2.19. The predicted molar refractivity (Wildman–Crippen MR) is 70.5 cm³/mol. The molecule has 0 aliphatic rings. The molecule has 0 fully saturated rings. The Kier molecular flexibility index (Phi) is 4.24. The Hall–Kier alpha value is -1.25. The summed E-state index contributed by atoms with van der Waals surface area (Å²) in [5.41, 5.74) is 2.52. The zero-order chi connectivity index (χ0) is 12.1. The first-order valence-electron chi connectivity index (χ1n) is 5.70. The topological polar surface area (TPSA) is 25.2 Å². The average Bonchev–Trinajstić information content (AvgIpc) is 2.82. The third-order valence-corrected chi connectivity index (χ3v) is 3.11. The van der Waals surface area contributed by atoms with Crippen LogP contribution in [0.3, 0.4) is 0 Å². The third kappa shape index (κ3) is 3.35. The van der Waals surface area contributed by atoms with Crippen LogP contribution >= 0.6 is 11.6 Å². The minimum Gasteiger partial charge on any atom is -0.472 e. The van der Waals surface area contributed by atoms with Crippen LogP contribution in [0.5, 0.6) is 0 Å². The molecule has 0 saturated carbocycles. The fourth-order valence-electron chi connectivity index (χ4n) is 1.98. The molecule has 0 radical (unpaired) electrons. The van der Waals surface area contributed by atoms with Crippen molar-refractivity contribution in [3.63, 3.8) is 0 Å². The van der Waals surface area contributed by atoms with Crippen LogP contribution in [0.15, 0.2) is 47.3 Å². The number of benzene rings is 1. The van der Waals surface area contributed by atoms with Crippen molar-refractivity contribution in [2.45, 2.75) is 12.3 Å². The fourth-order valence-corrected chi connectivity index (χ4v) is 2.11. The Balaban J connectivity index is 2.13. The molecule has 1 unspecified atom stereocenters. The normalized spacial score (nSPS) is 12.6. The second-order valence-electron chi connectivity index (χ2n) is 4.14. The molecule has 0 aliphatic heterocycles. The van der Waals surface area contributed by atoms with Crippen molar-refractivity contribution in [3.8, 4) is 0 Å². The van der Waals surface area contributed by atoms with Gasteiger partial charge in [-0.15, -0.1) is 0 Å². The summed E-state index contributed by atoms with van der Waals surface area (Å²) >= 11 is 5.91. The van der Waals surface area contributed by atoms with Gasteiger partial charge in [0.2, 0.25) is 0 Å². The van der Waals surface area contributed by atoms with Crippen LogP contribution in [0.2, 0.25) is 5.02 Å². The van der Waals surface area contributed by atoms with Gasteiger partial charge in [0.15, 0.2) is 0 Å². The number of halogens is 1. The highest BCUT2D eigenvalue weighted by Crippen LogP contribution is 2.22. The van der Waals surface area contributed by atoms with E-state index < -0.39 is 0 Å². The molecular formula is C14H16ClNO. The monoisotopic (exact) mass is 249 g/mol. The molecule has 2 nitrogen and oxygen atoms in total. The number of nitrogens with one attached hydrogen (secondary N) is 1. The van der Waals surface area contributed by atoms with E-state index in [-0.39, 0.29) is 0 Å². The Labute approximate surface area is 107 Å². The van der Waals surface area contributed by atoms with E-state index in [4.69, 9.17) is 16.0 Å². The lowest BCUT2D eigenvalue weighted by molar-refractivity contribution is 0.558. The van der Waals surface area contributed by atoms with Crippen LogP contribution in [-0.4, -0.2) is 13.6 Å². The number of rotatable bonds is 5. The van der Waals surface area contributed by atoms with Gasteiger partial charge in [0, 0.05) is 17.5 Å². The summed E-state index contributed by atoms with van der Waals surface area (Å²) in [6.45, 7) is 0.937. The number of furan rings is 1. The summed E-state index contributed by atoms with van der Waals surface area (Å²) in [7, 11) is 1.97. The largest absolute Gasteiger partial charge is 0.472 e. The van der Waals surface area contributed by atoms with Crippen molar-refractivity contribution in [3.05, 3.63) is 59.0 Å². The standard InChI is InChI=1S/C14H16ClNO/c1-16-9-13(8-11-6-7-17-10-11)12-2-4-14(15)5-3-12/h2-7,10,13,16H,8-9H2,1H3. The highest BCUT2D eigenvalue weighted by molar-refractivity contribution is 6.30. The summed E-state index contributed by atoms with van der Waals surface area (Å²) in [6.07, 6.45) is 4.49. The van der Waals surface area contributed by atoms with Crippen LogP contribution in [0.1, 0.15) is 17.0 Å². The van der Waals surface area contributed by atoms with Crippen LogP contribution in [0.4, 0.5) is 0 Å². The molecule has 1 heterocycles. The summed E-state index contributed by atoms with van der Waals surface area (Å²) < 4.78 is 5.11. The fraction of sp³-hybridized carbons (Fsp3) is 0.286. The van der Waals surface area contributed by atoms with Gasteiger partial charge in [-0.3, -0.25) is 0 Å². The SMILES string of the molecule is CNCC(Cc1ccoc1)c1ccc(Cl)cc1. The van der Waals surface area contributed by atoms with Gasteiger partial charge in [0.1, 0.15) is 0 Å². The molecule has 0 aliphatic carbocycles. The highest BCUT2D eigenvalue weighted by atomic mass is 35.5. The van der Waals surface area contributed by atoms with Gasteiger partial charge in [-0.1, -0.05) is 23.7 Å². The Morgan fingerprint density at radius 3 is 2.59 bits per heavy atom. The quantitative estimate of drug-likeness (QED) is 0.878. The van der Waals surface area contributed by atoms with Gasteiger partial charge >= 0.3 is 0 Å². The average molecular weight is 250 g/mol. The molecule has 90 valence electrons. The van der Waals surface area contributed by atoms with Crippen molar-refractivity contribution in [2.75, 3.05) is 13.6 Å². The molecule has 0 spiro atoms. The molecule has 1 aromatic heterocycles. The van der Waals surface area contributed by atoms with Gasteiger partial charge in [-0.2, -0.15) is 0 Å². The van der Waals surface area contributed by atoms with E-state index in [9.17, 15) is 0 Å². The first kappa shape index (κ1) is 12.2. The van der Waals surface area contributed by atoms with Crippen LogP contribution in [0.25, 0.3) is 0 Å². The second-order valence-corrected chi connectivity index (χ2v) is 4.58. The van der Waals surface area contributed by atoms with E-state index in [1.165, 1.54) is 11.1 Å². The van der Waals surface area contributed by atoms with Gasteiger partial charge in [0.25, 0.3) is 0 Å². The predicted octanol–water partition coefficient (Wildman–Crippen LogP) is 3.48. The van der Waals surface area contributed by atoms with E-state index in [0.717, 1.165) is 18.0 Å².